The Labute approximate surface area is 83.8 Å². The second-order valence-electron chi connectivity index (χ2n) is 2.79. The van der Waals surface area contributed by atoms with E-state index in [9.17, 15) is 4.79 Å². The molecule has 68 valence electrons. The third kappa shape index (κ3) is 1.42. The van der Waals surface area contributed by atoms with E-state index in [1.54, 1.807) is 12.1 Å². The molecule has 13 heavy (non-hydrogen) atoms. The molecule has 0 bridgehead atoms. The number of ether oxygens (including phenoxy) is 2. The van der Waals surface area contributed by atoms with Crippen LogP contribution in [0.25, 0.3) is 0 Å². The predicted molar refractivity (Wildman–Crippen MR) is 50.6 cm³/mol. The van der Waals surface area contributed by atoms with Crippen molar-refractivity contribution in [2.24, 2.45) is 0 Å². The van der Waals surface area contributed by atoms with Crippen LogP contribution in [0.2, 0.25) is 0 Å². The normalized spacial score (nSPS) is 13.1. The molecular weight excluding hydrogens is 236 g/mol. The standard InChI is InChI=1S/C9H7BrO3/c1-5-2-7-8(13-4-12-7)3-6(5)9(10)11/h2-3H,4H2,1H3. The van der Waals surface area contributed by atoms with Crippen molar-refractivity contribution in [3.63, 3.8) is 0 Å². The van der Waals surface area contributed by atoms with Crippen LogP contribution in [0, 0.1) is 6.92 Å². The van der Waals surface area contributed by atoms with Crippen molar-refractivity contribution in [3.8, 4) is 11.5 Å². The van der Waals surface area contributed by atoms with Crippen molar-refractivity contribution in [1.82, 2.24) is 0 Å². The van der Waals surface area contributed by atoms with Gasteiger partial charge in [-0.15, -0.1) is 0 Å². The maximum Gasteiger partial charge on any atom is 0.231 e. The van der Waals surface area contributed by atoms with Gasteiger partial charge in [-0.1, -0.05) is 0 Å². The minimum absolute atomic E-state index is 0.136. The summed E-state index contributed by atoms with van der Waals surface area (Å²) < 4.78 is 10.2. The smallest absolute Gasteiger partial charge is 0.231 e. The van der Waals surface area contributed by atoms with Gasteiger partial charge in [0.05, 0.1) is 0 Å². The van der Waals surface area contributed by atoms with Gasteiger partial charge in [-0.05, 0) is 40.5 Å². The average molecular weight is 243 g/mol. The maximum absolute atomic E-state index is 11.1. The molecule has 0 saturated carbocycles. The molecule has 4 heteroatoms. The van der Waals surface area contributed by atoms with Crippen molar-refractivity contribution >= 4 is 20.6 Å². The number of hydrogen-bond donors (Lipinski definition) is 0. The zero-order chi connectivity index (χ0) is 9.42. The van der Waals surface area contributed by atoms with Gasteiger partial charge >= 0.3 is 0 Å². The fourth-order valence-electron chi connectivity index (χ4n) is 1.26. The Morgan fingerprint density at radius 1 is 1.38 bits per heavy atom. The molecule has 1 aromatic rings. The van der Waals surface area contributed by atoms with E-state index in [1.165, 1.54) is 0 Å². The van der Waals surface area contributed by atoms with Crippen LogP contribution in [0.3, 0.4) is 0 Å². The fraction of sp³-hybridized carbons (Fsp3) is 0.222. The predicted octanol–water partition coefficient (Wildman–Crippen LogP) is 2.26. The fourth-order valence-corrected chi connectivity index (χ4v) is 1.68. The Morgan fingerprint density at radius 3 is 2.62 bits per heavy atom. The van der Waals surface area contributed by atoms with Gasteiger partial charge < -0.3 is 9.47 Å². The summed E-state index contributed by atoms with van der Waals surface area (Å²) in [5.41, 5.74) is 1.50. The molecule has 0 atom stereocenters. The van der Waals surface area contributed by atoms with Crippen molar-refractivity contribution < 1.29 is 14.3 Å². The van der Waals surface area contributed by atoms with Crippen molar-refractivity contribution in [2.45, 2.75) is 6.92 Å². The number of hydrogen-bond acceptors (Lipinski definition) is 3. The number of fused-ring (bicyclic) bond motifs is 1. The van der Waals surface area contributed by atoms with Crippen molar-refractivity contribution in [3.05, 3.63) is 23.3 Å². The van der Waals surface area contributed by atoms with Crippen LogP contribution in [-0.4, -0.2) is 11.5 Å². The highest BCUT2D eigenvalue weighted by Crippen LogP contribution is 2.35. The molecule has 0 aliphatic carbocycles. The van der Waals surface area contributed by atoms with Gasteiger partial charge in [-0.2, -0.15) is 0 Å². The van der Waals surface area contributed by atoms with E-state index >= 15 is 0 Å². The Bertz CT molecular complexity index is 373. The summed E-state index contributed by atoms with van der Waals surface area (Å²) in [5, 5.41) is 0. The molecule has 0 saturated heterocycles. The minimum Gasteiger partial charge on any atom is -0.454 e. The summed E-state index contributed by atoms with van der Waals surface area (Å²) in [6.07, 6.45) is 0. The first-order valence-electron chi connectivity index (χ1n) is 3.78. The highest BCUT2D eigenvalue weighted by molar-refractivity contribution is 9.18. The van der Waals surface area contributed by atoms with E-state index in [1.807, 2.05) is 6.92 Å². The average Bonchev–Trinajstić information content (AvgIpc) is 2.48. The van der Waals surface area contributed by atoms with Crippen LogP contribution in [-0.2, 0) is 0 Å². The lowest BCUT2D eigenvalue weighted by molar-refractivity contribution is 0.109. The lowest BCUT2D eigenvalue weighted by Gasteiger charge is -2.02. The van der Waals surface area contributed by atoms with Crippen LogP contribution in [0.15, 0.2) is 12.1 Å². The van der Waals surface area contributed by atoms with Crippen molar-refractivity contribution in [2.75, 3.05) is 6.79 Å². The van der Waals surface area contributed by atoms with E-state index in [0.29, 0.717) is 17.1 Å². The number of halogens is 1. The molecule has 1 aromatic carbocycles. The van der Waals surface area contributed by atoms with Crippen LogP contribution >= 0.6 is 15.9 Å². The minimum atomic E-state index is -0.136. The maximum atomic E-state index is 11.1. The molecule has 0 radical (unpaired) electrons. The summed E-state index contributed by atoms with van der Waals surface area (Å²) in [5.74, 6) is 1.34. The third-order valence-electron chi connectivity index (χ3n) is 1.93. The lowest BCUT2D eigenvalue weighted by atomic mass is 10.1. The largest absolute Gasteiger partial charge is 0.454 e. The molecule has 0 fully saturated rings. The molecule has 0 spiro atoms. The number of benzene rings is 1. The van der Waals surface area contributed by atoms with Gasteiger partial charge in [-0.25, -0.2) is 0 Å². The Morgan fingerprint density at radius 2 is 2.00 bits per heavy atom. The number of carbonyl (C=O) groups excluding carboxylic acids is 1. The van der Waals surface area contributed by atoms with E-state index in [4.69, 9.17) is 9.47 Å². The van der Waals surface area contributed by atoms with E-state index < -0.39 is 0 Å². The Balaban J connectivity index is 2.55. The van der Waals surface area contributed by atoms with E-state index in [0.717, 1.165) is 5.56 Å². The highest BCUT2D eigenvalue weighted by atomic mass is 79.9. The van der Waals surface area contributed by atoms with Gasteiger partial charge in [0, 0.05) is 5.56 Å². The topological polar surface area (TPSA) is 35.5 Å². The van der Waals surface area contributed by atoms with Crippen LogP contribution in [0.5, 0.6) is 11.5 Å². The Kier molecular flexibility index (Phi) is 2.00. The van der Waals surface area contributed by atoms with E-state index in [-0.39, 0.29) is 11.5 Å². The van der Waals surface area contributed by atoms with Crippen LogP contribution < -0.4 is 9.47 Å². The monoisotopic (exact) mass is 242 g/mol. The molecule has 3 nitrogen and oxygen atoms in total. The zero-order valence-electron chi connectivity index (χ0n) is 6.96. The first-order valence-corrected chi connectivity index (χ1v) is 4.58. The van der Waals surface area contributed by atoms with Gasteiger partial charge in [0.1, 0.15) is 0 Å². The van der Waals surface area contributed by atoms with Crippen molar-refractivity contribution in [1.29, 1.82) is 0 Å². The second kappa shape index (κ2) is 3.03. The molecule has 1 heterocycles. The summed E-state index contributed by atoms with van der Waals surface area (Å²) in [4.78, 5) is 11.1. The summed E-state index contributed by atoms with van der Waals surface area (Å²) in [6.45, 7) is 2.09. The van der Waals surface area contributed by atoms with Gasteiger partial charge in [0.15, 0.2) is 11.5 Å². The first-order chi connectivity index (χ1) is 6.18. The van der Waals surface area contributed by atoms with E-state index in [2.05, 4.69) is 15.9 Å². The number of aryl methyl sites for hydroxylation is 1. The summed E-state index contributed by atoms with van der Waals surface area (Å²) in [7, 11) is 0. The molecule has 1 aliphatic heterocycles. The van der Waals surface area contributed by atoms with Gasteiger partial charge in [0.25, 0.3) is 0 Å². The molecule has 0 unspecified atom stereocenters. The van der Waals surface area contributed by atoms with Gasteiger partial charge in [0.2, 0.25) is 11.5 Å². The number of carbonyl (C=O) groups is 1. The molecule has 0 N–H and O–H groups in total. The Hall–Kier alpha value is -1.03. The third-order valence-corrected chi connectivity index (χ3v) is 2.36. The second-order valence-corrected chi connectivity index (χ2v) is 3.51. The quantitative estimate of drug-likeness (QED) is 0.709. The number of rotatable bonds is 1. The molecule has 2 rings (SSSR count). The first kappa shape index (κ1) is 8.56. The SMILES string of the molecule is Cc1cc2c(cc1C(=O)Br)OCO2. The van der Waals surface area contributed by atoms with Crippen LogP contribution in [0.1, 0.15) is 15.9 Å². The lowest BCUT2D eigenvalue weighted by Crippen LogP contribution is -1.93. The molecule has 0 amide bonds. The summed E-state index contributed by atoms with van der Waals surface area (Å²) in [6, 6.07) is 3.49. The highest BCUT2D eigenvalue weighted by Gasteiger charge is 2.17. The molecule has 1 aliphatic rings. The molecule has 0 aromatic heterocycles. The zero-order valence-corrected chi connectivity index (χ0v) is 8.55. The molecular formula is C9H7BrO3. The van der Waals surface area contributed by atoms with Crippen LogP contribution in [0.4, 0.5) is 0 Å². The van der Waals surface area contributed by atoms with Gasteiger partial charge in [-0.3, -0.25) is 4.79 Å². The summed E-state index contributed by atoms with van der Waals surface area (Å²) >= 11 is 2.91.